The van der Waals surface area contributed by atoms with Crippen molar-refractivity contribution in [3.05, 3.63) is 85.1 Å². The molecular formula is C61H104O6. The van der Waals surface area contributed by atoms with Crippen molar-refractivity contribution in [2.75, 3.05) is 13.2 Å². The number of carbonyl (C=O) groups is 3. The first-order chi connectivity index (χ1) is 33.0. The fourth-order valence-electron chi connectivity index (χ4n) is 7.63. The summed E-state index contributed by atoms with van der Waals surface area (Å²) in [7, 11) is 0. The van der Waals surface area contributed by atoms with Crippen LogP contribution < -0.4 is 0 Å². The molecule has 0 aliphatic rings. The van der Waals surface area contributed by atoms with E-state index in [1.807, 2.05) is 0 Å². The highest BCUT2D eigenvalue weighted by molar-refractivity contribution is 5.71. The van der Waals surface area contributed by atoms with Crippen LogP contribution in [0, 0.1) is 0 Å². The number of hydrogen-bond acceptors (Lipinski definition) is 6. The van der Waals surface area contributed by atoms with Gasteiger partial charge in [-0.3, -0.25) is 14.4 Å². The molecule has 0 fully saturated rings. The topological polar surface area (TPSA) is 78.9 Å². The van der Waals surface area contributed by atoms with Crippen LogP contribution in [0.3, 0.4) is 0 Å². The minimum Gasteiger partial charge on any atom is -0.462 e. The number of allylic oxidation sites excluding steroid dienone is 14. The van der Waals surface area contributed by atoms with E-state index in [2.05, 4.69) is 106 Å². The molecule has 0 saturated heterocycles. The Hall–Kier alpha value is -3.41. The van der Waals surface area contributed by atoms with Gasteiger partial charge >= 0.3 is 17.9 Å². The van der Waals surface area contributed by atoms with E-state index >= 15 is 0 Å². The molecule has 67 heavy (non-hydrogen) atoms. The Morgan fingerprint density at radius 1 is 0.313 bits per heavy atom. The Morgan fingerprint density at radius 2 is 0.582 bits per heavy atom. The third-order valence-electron chi connectivity index (χ3n) is 11.9. The maximum atomic E-state index is 12.9. The summed E-state index contributed by atoms with van der Waals surface area (Å²) >= 11 is 0. The third kappa shape index (κ3) is 53.4. The van der Waals surface area contributed by atoms with Crippen molar-refractivity contribution >= 4 is 17.9 Å². The molecule has 0 aliphatic heterocycles. The first kappa shape index (κ1) is 63.6. The molecule has 6 nitrogen and oxygen atoms in total. The summed E-state index contributed by atoms with van der Waals surface area (Å²) in [5.74, 6) is -0.921. The van der Waals surface area contributed by atoms with Crippen molar-refractivity contribution in [3.63, 3.8) is 0 Å². The van der Waals surface area contributed by atoms with Gasteiger partial charge < -0.3 is 14.2 Å². The molecule has 0 aromatic rings. The lowest BCUT2D eigenvalue weighted by atomic mass is 10.1. The van der Waals surface area contributed by atoms with E-state index in [1.165, 1.54) is 96.3 Å². The van der Waals surface area contributed by atoms with Gasteiger partial charge in [0.15, 0.2) is 6.10 Å². The molecule has 0 radical (unpaired) electrons. The van der Waals surface area contributed by atoms with Gasteiger partial charge in [0.25, 0.3) is 0 Å². The number of rotatable bonds is 50. The second-order valence-corrected chi connectivity index (χ2v) is 18.5. The van der Waals surface area contributed by atoms with E-state index in [-0.39, 0.29) is 31.1 Å². The maximum Gasteiger partial charge on any atom is 0.306 e. The predicted octanol–water partition coefficient (Wildman–Crippen LogP) is 18.8. The molecule has 0 aliphatic carbocycles. The molecule has 384 valence electrons. The summed E-state index contributed by atoms with van der Waals surface area (Å²) in [6.45, 7) is 6.46. The number of unbranched alkanes of at least 4 members (excludes halogenated alkanes) is 25. The van der Waals surface area contributed by atoms with Crippen LogP contribution in [-0.4, -0.2) is 37.2 Å². The summed E-state index contributed by atoms with van der Waals surface area (Å²) < 4.78 is 16.8. The normalized spacial score (nSPS) is 12.7. The zero-order valence-corrected chi connectivity index (χ0v) is 43.9. The second kappa shape index (κ2) is 55.2. The van der Waals surface area contributed by atoms with E-state index in [9.17, 15) is 14.4 Å². The van der Waals surface area contributed by atoms with Gasteiger partial charge in [-0.05, 0) is 116 Å². The van der Waals surface area contributed by atoms with Crippen molar-refractivity contribution in [2.24, 2.45) is 0 Å². The number of carbonyl (C=O) groups excluding carboxylic acids is 3. The minimum atomic E-state index is -0.793. The highest BCUT2D eigenvalue weighted by Gasteiger charge is 2.19. The molecule has 0 N–H and O–H groups in total. The second-order valence-electron chi connectivity index (χ2n) is 18.5. The Balaban J connectivity index is 4.43. The molecule has 0 saturated carbocycles. The van der Waals surface area contributed by atoms with E-state index < -0.39 is 6.10 Å². The molecule has 0 aromatic carbocycles. The molecule has 0 spiro atoms. The van der Waals surface area contributed by atoms with Crippen LogP contribution in [0.15, 0.2) is 85.1 Å². The highest BCUT2D eigenvalue weighted by atomic mass is 16.6. The van der Waals surface area contributed by atoms with Gasteiger partial charge in [0.05, 0.1) is 0 Å². The van der Waals surface area contributed by atoms with Crippen molar-refractivity contribution in [3.8, 4) is 0 Å². The lowest BCUT2D eigenvalue weighted by Gasteiger charge is -2.18. The van der Waals surface area contributed by atoms with Crippen molar-refractivity contribution in [1.29, 1.82) is 0 Å². The third-order valence-corrected chi connectivity index (χ3v) is 11.9. The average Bonchev–Trinajstić information content (AvgIpc) is 3.33. The van der Waals surface area contributed by atoms with Crippen LogP contribution in [0.1, 0.15) is 265 Å². The van der Waals surface area contributed by atoms with Crippen LogP contribution in [0.5, 0.6) is 0 Å². The predicted molar refractivity (Wildman–Crippen MR) is 288 cm³/mol. The van der Waals surface area contributed by atoms with Crippen LogP contribution in [-0.2, 0) is 28.6 Å². The fraction of sp³-hybridized carbons (Fsp3) is 0.721. The number of esters is 3. The van der Waals surface area contributed by atoms with E-state index in [0.29, 0.717) is 19.3 Å². The summed E-state index contributed by atoms with van der Waals surface area (Å²) in [4.78, 5) is 38.1. The Labute approximate surface area is 414 Å². The molecule has 6 heteroatoms. The van der Waals surface area contributed by atoms with Crippen molar-refractivity contribution < 1.29 is 28.6 Å². The van der Waals surface area contributed by atoms with Gasteiger partial charge in [0.2, 0.25) is 0 Å². The Kier molecular flexibility index (Phi) is 52.4. The lowest BCUT2D eigenvalue weighted by Crippen LogP contribution is -2.30. The van der Waals surface area contributed by atoms with Crippen LogP contribution in [0.25, 0.3) is 0 Å². The lowest BCUT2D eigenvalue weighted by molar-refractivity contribution is -0.167. The summed E-state index contributed by atoms with van der Waals surface area (Å²) in [6.07, 6.45) is 71.3. The zero-order chi connectivity index (χ0) is 48.6. The zero-order valence-electron chi connectivity index (χ0n) is 43.9. The molecule has 0 heterocycles. The highest BCUT2D eigenvalue weighted by Crippen LogP contribution is 2.15. The van der Waals surface area contributed by atoms with E-state index in [1.54, 1.807) is 0 Å². The number of ether oxygens (including phenoxy) is 3. The van der Waals surface area contributed by atoms with Gasteiger partial charge in [0, 0.05) is 19.3 Å². The molecule has 0 amide bonds. The molecule has 0 unspecified atom stereocenters. The summed E-state index contributed by atoms with van der Waals surface area (Å²) in [5, 5.41) is 0. The SMILES string of the molecule is CC/C=C\C/C=C\C/C=C\CCCCCCCC(=O)OC[C@H](COC(=O)CCCCCCC/C=C\C/C=C\CCCCC)OC(=O)CCCCCCCCCCC/C=C\C/C=C\CCCCC. The standard InChI is InChI=1S/C61H104O6/c1-4-7-10-13-16-19-22-25-28-29-30-31-34-37-40-43-46-49-52-55-61(64)67-58(56-65-59(62)53-50-47-44-41-38-35-32-26-23-20-17-14-11-8-5-2)57-66-60(63)54-51-48-45-42-39-36-33-27-24-21-18-15-12-9-6-3/h8,11,16-21,25-28,32-33,58H,4-7,9-10,12-15,22-24,29-31,34-57H2,1-3H3/b11-8-,19-16-,20-17-,21-18-,28-25-,32-26-,33-27-/t58-/m1/s1. The quantitative estimate of drug-likeness (QED) is 0.0262. The van der Waals surface area contributed by atoms with Crippen molar-refractivity contribution in [2.45, 2.75) is 271 Å². The minimum absolute atomic E-state index is 0.0913. The van der Waals surface area contributed by atoms with Crippen molar-refractivity contribution in [1.82, 2.24) is 0 Å². The van der Waals surface area contributed by atoms with Gasteiger partial charge in [-0.2, -0.15) is 0 Å². The van der Waals surface area contributed by atoms with Crippen LogP contribution in [0.2, 0.25) is 0 Å². The molecule has 0 bridgehead atoms. The van der Waals surface area contributed by atoms with Gasteiger partial charge in [-0.15, -0.1) is 0 Å². The molecular weight excluding hydrogens is 829 g/mol. The van der Waals surface area contributed by atoms with Crippen LogP contribution >= 0.6 is 0 Å². The Bertz CT molecular complexity index is 1300. The van der Waals surface area contributed by atoms with Gasteiger partial charge in [-0.1, -0.05) is 215 Å². The average molecular weight is 933 g/mol. The van der Waals surface area contributed by atoms with Gasteiger partial charge in [0.1, 0.15) is 13.2 Å². The van der Waals surface area contributed by atoms with Crippen LogP contribution in [0.4, 0.5) is 0 Å². The Morgan fingerprint density at radius 3 is 0.910 bits per heavy atom. The smallest absolute Gasteiger partial charge is 0.306 e. The summed E-state index contributed by atoms with van der Waals surface area (Å²) in [5.41, 5.74) is 0. The fourth-order valence-corrected chi connectivity index (χ4v) is 7.63. The largest absolute Gasteiger partial charge is 0.462 e. The monoisotopic (exact) mass is 933 g/mol. The molecule has 0 rings (SSSR count). The first-order valence-corrected chi connectivity index (χ1v) is 28.1. The first-order valence-electron chi connectivity index (χ1n) is 28.1. The van der Waals surface area contributed by atoms with E-state index in [0.717, 1.165) is 128 Å². The maximum absolute atomic E-state index is 12.9. The molecule has 1 atom stereocenters. The van der Waals surface area contributed by atoms with E-state index in [4.69, 9.17) is 14.2 Å². The molecule has 0 aromatic heterocycles. The van der Waals surface area contributed by atoms with Gasteiger partial charge in [-0.25, -0.2) is 0 Å². The number of hydrogen-bond donors (Lipinski definition) is 0. The summed E-state index contributed by atoms with van der Waals surface area (Å²) in [6, 6.07) is 0.